The van der Waals surface area contributed by atoms with E-state index < -0.39 is 0 Å². The number of hydrogen-bond donors (Lipinski definition) is 1. The first-order valence-corrected chi connectivity index (χ1v) is 6.65. The third-order valence-electron chi connectivity index (χ3n) is 2.98. The Morgan fingerprint density at radius 2 is 1.78 bits per heavy atom. The normalized spacial score (nSPS) is 13.2. The van der Waals surface area contributed by atoms with Crippen molar-refractivity contribution in [3.8, 4) is 0 Å². The van der Waals surface area contributed by atoms with Gasteiger partial charge in [0.15, 0.2) is 0 Å². The van der Waals surface area contributed by atoms with Crippen molar-refractivity contribution < 1.29 is 4.39 Å². The lowest BCUT2D eigenvalue weighted by molar-refractivity contribution is 0.545. The highest BCUT2D eigenvalue weighted by Crippen LogP contribution is 2.30. The van der Waals surface area contributed by atoms with Crippen LogP contribution in [0.4, 0.5) is 10.1 Å². The molecule has 0 fully saturated rings. The summed E-state index contributed by atoms with van der Waals surface area (Å²) < 4.78 is 14.2. The van der Waals surface area contributed by atoms with E-state index in [-0.39, 0.29) is 17.9 Å². The van der Waals surface area contributed by atoms with E-state index in [1.807, 2.05) is 13.0 Å². The first kappa shape index (κ1) is 15.0. The van der Waals surface area contributed by atoms with Crippen molar-refractivity contribution in [2.45, 2.75) is 46.7 Å². The molecule has 0 saturated carbocycles. The van der Waals surface area contributed by atoms with Crippen LogP contribution in [0.15, 0.2) is 18.2 Å². The molecule has 1 aromatic carbocycles. The fourth-order valence-corrected chi connectivity index (χ4v) is 2.16. The number of halogens is 1. The maximum absolute atomic E-state index is 14.2. The number of rotatable bonds is 5. The van der Waals surface area contributed by atoms with Gasteiger partial charge in [-0.3, -0.25) is 0 Å². The monoisotopic (exact) mass is 252 g/mol. The molecule has 0 spiro atoms. The number of para-hydroxylation sites is 1. The molecule has 1 aromatic rings. The Kier molecular flexibility index (Phi) is 5.15. The summed E-state index contributed by atoms with van der Waals surface area (Å²) in [4.78, 5) is 2.11. The van der Waals surface area contributed by atoms with Gasteiger partial charge in [-0.15, -0.1) is 0 Å². The van der Waals surface area contributed by atoms with E-state index in [1.165, 1.54) is 6.07 Å². The highest BCUT2D eigenvalue weighted by molar-refractivity contribution is 5.56. The van der Waals surface area contributed by atoms with Crippen LogP contribution in [0.1, 0.15) is 46.2 Å². The molecule has 1 rings (SSSR count). The average molecular weight is 252 g/mol. The fourth-order valence-electron chi connectivity index (χ4n) is 2.16. The number of benzene rings is 1. The Hall–Kier alpha value is -1.09. The summed E-state index contributed by atoms with van der Waals surface area (Å²) in [5, 5.41) is 0. The molecule has 18 heavy (non-hydrogen) atoms. The molecule has 0 saturated heterocycles. The standard InChI is InChI=1S/C15H25FN2/c1-10(2)9-18(11(3)4)15-13(12(5)17)7-6-8-14(15)16/h6-8,10-12H,9,17H2,1-5H3/t12-/m0/s1. The predicted molar refractivity (Wildman–Crippen MR) is 76.3 cm³/mol. The van der Waals surface area contributed by atoms with Gasteiger partial charge in [-0.25, -0.2) is 4.39 Å². The Labute approximate surface area is 110 Å². The second kappa shape index (κ2) is 6.19. The van der Waals surface area contributed by atoms with Crippen LogP contribution in [-0.4, -0.2) is 12.6 Å². The van der Waals surface area contributed by atoms with E-state index in [9.17, 15) is 4.39 Å². The Bertz CT molecular complexity index is 386. The quantitative estimate of drug-likeness (QED) is 0.865. The van der Waals surface area contributed by atoms with Crippen LogP contribution in [-0.2, 0) is 0 Å². The largest absolute Gasteiger partial charge is 0.366 e. The maximum atomic E-state index is 14.2. The van der Waals surface area contributed by atoms with Crippen molar-refractivity contribution in [2.75, 3.05) is 11.4 Å². The summed E-state index contributed by atoms with van der Waals surface area (Å²) >= 11 is 0. The molecule has 0 aliphatic rings. The van der Waals surface area contributed by atoms with Gasteiger partial charge < -0.3 is 10.6 Å². The van der Waals surface area contributed by atoms with Crippen LogP contribution in [0, 0.1) is 11.7 Å². The molecule has 2 N–H and O–H groups in total. The van der Waals surface area contributed by atoms with E-state index in [0.717, 1.165) is 12.1 Å². The van der Waals surface area contributed by atoms with Crippen molar-refractivity contribution in [1.29, 1.82) is 0 Å². The molecule has 0 bridgehead atoms. The predicted octanol–water partition coefficient (Wildman–Crippen LogP) is 3.72. The van der Waals surface area contributed by atoms with Gasteiger partial charge in [-0.05, 0) is 38.3 Å². The third-order valence-corrected chi connectivity index (χ3v) is 2.98. The molecule has 2 nitrogen and oxygen atoms in total. The van der Waals surface area contributed by atoms with Gasteiger partial charge >= 0.3 is 0 Å². The molecule has 0 radical (unpaired) electrons. The molecular formula is C15H25FN2. The van der Waals surface area contributed by atoms with Crippen LogP contribution < -0.4 is 10.6 Å². The fraction of sp³-hybridized carbons (Fsp3) is 0.600. The van der Waals surface area contributed by atoms with Crippen molar-refractivity contribution in [2.24, 2.45) is 11.7 Å². The van der Waals surface area contributed by atoms with Crippen LogP contribution in [0.3, 0.4) is 0 Å². The summed E-state index contributed by atoms with van der Waals surface area (Å²) in [5.41, 5.74) is 7.50. The van der Waals surface area contributed by atoms with Gasteiger partial charge in [0.05, 0.1) is 5.69 Å². The van der Waals surface area contributed by atoms with Gasteiger partial charge in [0, 0.05) is 18.6 Å². The number of hydrogen-bond acceptors (Lipinski definition) is 2. The zero-order chi connectivity index (χ0) is 13.9. The minimum absolute atomic E-state index is 0.163. The van der Waals surface area contributed by atoms with E-state index in [1.54, 1.807) is 6.07 Å². The van der Waals surface area contributed by atoms with E-state index in [4.69, 9.17) is 5.73 Å². The molecular weight excluding hydrogens is 227 g/mol. The number of nitrogens with two attached hydrogens (primary N) is 1. The molecule has 0 aromatic heterocycles. The topological polar surface area (TPSA) is 29.3 Å². The molecule has 1 atom stereocenters. The Balaban J connectivity index is 3.25. The van der Waals surface area contributed by atoms with Gasteiger partial charge in [-0.2, -0.15) is 0 Å². The van der Waals surface area contributed by atoms with Crippen molar-refractivity contribution in [3.05, 3.63) is 29.6 Å². The molecule has 0 aliphatic heterocycles. The van der Waals surface area contributed by atoms with Crippen LogP contribution >= 0.6 is 0 Å². The van der Waals surface area contributed by atoms with Crippen molar-refractivity contribution >= 4 is 5.69 Å². The summed E-state index contributed by atoms with van der Waals surface area (Å²) in [6.07, 6.45) is 0. The summed E-state index contributed by atoms with van der Waals surface area (Å²) in [6.45, 7) is 11.2. The summed E-state index contributed by atoms with van der Waals surface area (Å²) in [5.74, 6) is 0.298. The van der Waals surface area contributed by atoms with Gasteiger partial charge in [-0.1, -0.05) is 26.0 Å². The highest BCUT2D eigenvalue weighted by Gasteiger charge is 2.20. The summed E-state index contributed by atoms with van der Waals surface area (Å²) in [6, 6.07) is 5.24. The number of nitrogens with zero attached hydrogens (tertiary/aromatic N) is 1. The molecule has 102 valence electrons. The van der Waals surface area contributed by atoms with Gasteiger partial charge in [0.25, 0.3) is 0 Å². The smallest absolute Gasteiger partial charge is 0.146 e. The lowest BCUT2D eigenvalue weighted by atomic mass is 10.0. The number of anilines is 1. The average Bonchev–Trinajstić information content (AvgIpc) is 2.25. The van der Waals surface area contributed by atoms with Gasteiger partial charge in [0.1, 0.15) is 5.82 Å². The lowest BCUT2D eigenvalue weighted by Crippen LogP contribution is -2.36. The lowest BCUT2D eigenvalue weighted by Gasteiger charge is -2.33. The zero-order valence-corrected chi connectivity index (χ0v) is 12.1. The molecule has 3 heteroatoms. The Morgan fingerprint density at radius 3 is 2.22 bits per heavy atom. The Morgan fingerprint density at radius 1 is 1.17 bits per heavy atom. The van der Waals surface area contributed by atoms with E-state index in [2.05, 4.69) is 32.6 Å². The second-order valence-corrected chi connectivity index (χ2v) is 5.61. The summed E-state index contributed by atoms with van der Waals surface area (Å²) in [7, 11) is 0. The van der Waals surface area contributed by atoms with Crippen LogP contribution in [0.5, 0.6) is 0 Å². The van der Waals surface area contributed by atoms with Crippen molar-refractivity contribution in [1.82, 2.24) is 0 Å². The SMILES string of the molecule is CC(C)CN(c1c(F)cccc1[C@H](C)N)C(C)C. The molecule has 0 amide bonds. The van der Waals surface area contributed by atoms with E-state index >= 15 is 0 Å². The van der Waals surface area contributed by atoms with Crippen molar-refractivity contribution in [3.63, 3.8) is 0 Å². The molecule has 0 unspecified atom stereocenters. The first-order chi connectivity index (χ1) is 8.34. The second-order valence-electron chi connectivity index (χ2n) is 5.61. The molecule has 0 aliphatic carbocycles. The van der Waals surface area contributed by atoms with E-state index in [0.29, 0.717) is 11.6 Å². The highest BCUT2D eigenvalue weighted by atomic mass is 19.1. The van der Waals surface area contributed by atoms with Crippen LogP contribution in [0.25, 0.3) is 0 Å². The zero-order valence-electron chi connectivity index (χ0n) is 12.1. The maximum Gasteiger partial charge on any atom is 0.146 e. The minimum Gasteiger partial charge on any atom is -0.366 e. The first-order valence-electron chi connectivity index (χ1n) is 6.65. The van der Waals surface area contributed by atoms with Crippen LogP contribution in [0.2, 0.25) is 0 Å². The minimum atomic E-state index is -0.181. The van der Waals surface area contributed by atoms with Gasteiger partial charge in [0.2, 0.25) is 0 Å². The third kappa shape index (κ3) is 3.45. The molecule has 0 heterocycles.